The molecular weight excluding hydrogens is 512 g/mol. The lowest BCUT2D eigenvalue weighted by Crippen LogP contribution is -2.00. The van der Waals surface area contributed by atoms with Crippen LogP contribution in [0.15, 0.2) is 76.3 Å². The number of nitrogens with zero attached hydrogens (tertiary/aromatic N) is 3. The molecule has 3 aromatic carbocycles. The van der Waals surface area contributed by atoms with Crippen LogP contribution in [0.25, 0.3) is 11.4 Å². The molecule has 4 rings (SSSR count). The summed E-state index contributed by atoms with van der Waals surface area (Å²) in [5.74, 6) is 1.79. The van der Waals surface area contributed by atoms with Crippen molar-refractivity contribution < 1.29 is 9.47 Å². The summed E-state index contributed by atoms with van der Waals surface area (Å²) in [5, 5.41) is 12.3. The van der Waals surface area contributed by atoms with Crippen molar-refractivity contribution in [1.29, 1.82) is 0 Å². The van der Waals surface area contributed by atoms with Gasteiger partial charge in [-0.3, -0.25) is 0 Å². The van der Waals surface area contributed by atoms with Gasteiger partial charge >= 0.3 is 0 Å². The highest BCUT2D eigenvalue weighted by Crippen LogP contribution is 2.37. The smallest absolute Gasteiger partial charge is 0.216 e. The SMILES string of the molecule is COc1cc(/C=N\n2c(-c3ccccc3)n[nH]c2=S)cc(Br)c1OCc1cccc(Cl)c1. The first-order chi connectivity index (χ1) is 15.5. The maximum absolute atomic E-state index is 6.06. The number of hydrogen-bond donors (Lipinski definition) is 1. The summed E-state index contributed by atoms with van der Waals surface area (Å²) in [5.41, 5.74) is 2.66. The van der Waals surface area contributed by atoms with Gasteiger partial charge in [0, 0.05) is 10.6 Å². The van der Waals surface area contributed by atoms with E-state index < -0.39 is 0 Å². The second-order valence-corrected chi connectivity index (χ2v) is 8.40. The molecular formula is C23H18BrClN4O2S. The van der Waals surface area contributed by atoms with E-state index in [-0.39, 0.29) is 0 Å². The minimum absolute atomic E-state index is 0.355. The first-order valence-electron chi connectivity index (χ1n) is 9.57. The van der Waals surface area contributed by atoms with Crippen molar-refractivity contribution in [2.45, 2.75) is 6.61 Å². The lowest BCUT2D eigenvalue weighted by atomic mass is 10.2. The summed E-state index contributed by atoms with van der Waals surface area (Å²) < 4.78 is 14.2. The topological polar surface area (TPSA) is 64.4 Å². The van der Waals surface area contributed by atoms with Crippen molar-refractivity contribution in [3.05, 3.63) is 92.1 Å². The standard InChI is InChI=1S/C23H18BrClN4O2S/c1-30-20-12-16(11-19(24)21(20)31-14-15-6-5-9-18(25)10-15)13-26-29-22(27-28-23(29)32)17-7-3-2-4-8-17/h2-13H,14H2,1H3,(H,28,32)/b26-13-. The van der Waals surface area contributed by atoms with E-state index in [4.69, 9.17) is 33.3 Å². The third kappa shape index (κ3) is 5.09. The highest BCUT2D eigenvalue weighted by Gasteiger charge is 2.12. The van der Waals surface area contributed by atoms with E-state index in [2.05, 4.69) is 31.2 Å². The molecule has 0 amide bonds. The number of H-pyrrole nitrogens is 1. The Bertz CT molecular complexity index is 1320. The highest BCUT2D eigenvalue weighted by molar-refractivity contribution is 9.10. The molecule has 1 N–H and O–H groups in total. The quantitative estimate of drug-likeness (QED) is 0.219. The Morgan fingerprint density at radius 2 is 1.97 bits per heavy atom. The fourth-order valence-corrected chi connectivity index (χ4v) is 4.00. The van der Waals surface area contributed by atoms with Gasteiger partial charge in [-0.15, -0.1) is 0 Å². The van der Waals surface area contributed by atoms with Crippen LogP contribution in [-0.4, -0.2) is 28.2 Å². The summed E-state index contributed by atoms with van der Waals surface area (Å²) in [6, 6.07) is 21.0. The van der Waals surface area contributed by atoms with Gasteiger partial charge in [0.1, 0.15) is 6.61 Å². The monoisotopic (exact) mass is 528 g/mol. The van der Waals surface area contributed by atoms with Crippen LogP contribution in [0.1, 0.15) is 11.1 Å². The number of nitrogens with one attached hydrogen (secondary N) is 1. The van der Waals surface area contributed by atoms with Gasteiger partial charge in [-0.1, -0.05) is 54.1 Å². The zero-order chi connectivity index (χ0) is 22.5. The van der Waals surface area contributed by atoms with Gasteiger partial charge in [0.15, 0.2) is 17.3 Å². The molecule has 0 aliphatic carbocycles. The molecule has 0 bridgehead atoms. The minimum Gasteiger partial charge on any atom is -0.493 e. The van der Waals surface area contributed by atoms with Gasteiger partial charge < -0.3 is 9.47 Å². The number of aromatic nitrogens is 3. The third-order valence-electron chi connectivity index (χ3n) is 4.53. The second-order valence-electron chi connectivity index (χ2n) is 6.73. The Hall–Kier alpha value is -2.94. The van der Waals surface area contributed by atoms with Gasteiger partial charge in [-0.25, -0.2) is 5.10 Å². The average molecular weight is 530 g/mol. The molecule has 0 saturated carbocycles. The summed E-state index contributed by atoms with van der Waals surface area (Å²) in [4.78, 5) is 0. The van der Waals surface area contributed by atoms with Crippen LogP contribution < -0.4 is 9.47 Å². The van der Waals surface area contributed by atoms with E-state index in [1.807, 2.05) is 66.7 Å². The van der Waals surface area contributed by atoms with Gasteiger partial charge in [0.25, 0.3) is 0 Å². The number of aromatic amines is 1. The first kappa shape index (κ1) is 22.3. The van der Waals surface area contributed by atoms with E-state index >= 15 is 0 Å². The first-order valence-corrected chi connectivity index (χ1v) is 11.1. The molecule has 9 heteroatoms. The number of ether oxygens (including phenoxy) is 2. The lowest BCUT2D eigenvalue weighted by molar-refractivity contribution is 0.282. The van der Waals surface area contributed by atoms with Crippen molar-refractivity contribution in [1.82, 2.24) is 14.9 Å². The Morgan fingerprint density at radius 1 is 1.16 bits per heavy atom. The van der Waals surface area contributed by atoms with Gasteiger partial charge in [0.05, 0.1) is 17.8 Å². The zero-order valence-corrected chi connectivity index (χ0v) is 20.1. The highest BCUT2D eigenvalue weighted by atomic mass is 79.9. The maximum atomic E-state index is 6.06. The molecule has 0 unspecified atom stereocenters. The van der Waals surface area contributed by atoms with Crippen LogP contribution in [0.3, 0.4) is 0 Å². The van der Waals surface area contributed by atoms with Crippen molar-refractivity contribution in [3.8, 4) is 22.9 Å². The van der Waals surface area contributed by atoms with Gasteiger partial charge in [-0.05, 0) is 63.5 Å². The van der Waals surface area contributed by atoms with E-state index in [0.29, 0.717) is 33.7 Å². The Morgan fingerprint density at radius 3 is 2.72 bits per heavy atom. The van der Waals surface area contributed by atoms with Crippen LogP contribution in [0.4, 0.5) is 0 Å². The summed E-state index contributed by atoms with van der Waals surface area (Å²) in [6.07, 6.45) is 1.69. The lowest BCUT2D eigenvalue weighted by Gasteiger charge is -2.13. The van der Waals surface area contributed by atoms with Crippen LogP contribution in [0.2, 0.25) is 5.02 Å². The van der Waals surface area contributed by atoms with E-state index in [1.54, 1.807) is 18.0 Å². The zero-order valence-electron chi connectivity index (χ0n) is 17.0. The summed E-state index contributed by atoms with van der Waals surface area (Å²) in [7, 11) is 1.59. The minimum atomic E-state index is 0.355. The van der Waals surface area contributed by atoms with Crippen molar-refractivity contribution in [2.24, 2.45) is 5.10 Å². The average Bonchev–Trinajstić information content (AvgIpc) is 3.17. The third-order valence-corrected chi connectivity index (χ3v) is 5.62. The fraction of sp³-hybridized carbons (Fsp3) is 0.0870. The van der Waals surface area contributed by atoms with Crippen molar-refractivity contribution >= 4 is 46.0 Å². The Kier molecular flexibility index (Phi) is 7.04. The molecule has 0 aliphatic rings. The molecule has 1 heterocycles. The number of rotatable bonds is 7. The van der Waals surface area contributed by atoms with Gasteiger partial charge in [-0.2, -0.15) is 14.9 Å². The van der Waals surface area contributed by atoms with Crippen LogP contribution in [0, 0.1) is 4.77 Å². The fourth-order valence-electron chi connectivity index (χ4n) is 3.03. The molecule has 1 aromatic heterocycles. The van der Waals surface area contributed by atoms with Crippen LogP contribution in [-0.2, 0) is 6.61 Å². The van der Waals surface area contributed by atoms with Crippen LogP contribution >= 0.6 is 39.7 Å². The van der Waals surface area contributed by atoms with Crippen molar-refractivity contribution in [2.75, 3.05) is 7.11 Å². The number of methoxy groups -OCH3 is 1. The molecule has 0 radical (unpaired) electrons. The normalized spacial score (nSPS) is 11.1. The summed E-state index contributed by atoms with van der Waals surface area (Å²) in [6.45, 7) is 0.355. The van der Waals surface area contributed by atoms with Gasteiger partial charge in [0.2, 0.25) is 4.77 Å². The Balaban J connectivity index is 1.59. The molecule has 32 heavy (non-hydrogen) atoms. The molecule has 6 nitrogen and oxygen atoms in total. The summed E-state index contributed by atoms with van der Waals surface area (Å²) >= 11 is 15.0. The van der Waals surface area contributed by atoms with E-state index in [1.165, 1.54) is 0 Å². The predicted octanol–water partition coefficient (Wildman–Crippen LogP) is 6.49. The Labute approximate surface area is 203 Å². The van der Waals surface area contributed by atoms with E-state index in [9.17, 15) is 0 Å². The van der Waals surface area contributed by atoms with Crippen molar-refractivity contribution in [3.63, 3.8) is 0 Å². The molecule has 0 aliphatic heterocycles. The number of halogens is 2. The predicted molar refractivity (Wildman–Crippen MR) is 132 cm³/mol. The van der Waals surface area contributed by atoms with E-state index in [0.717, 1.165) is 21.2 Å². The number of benzene rings is 3. The molecule has 4 aromatic rings. The maximum Gasteiger partial charge on any atom is 0.216 e. The second kappa shape index (κ2) is 10.1. The molecule has 162 valence electrons. The molecule has 0 fully saturated rings. The largest absolute Gasteiger partial charge is 0.493 e. The molecule has 0 atom stereocenters. The molecule has 0 spiro atoms. The molecule has 0 saturated heterocycles. The number of hydrogen-bond acceptors (Lipinski definition) is 5. The van der Waals surface area contributed by atoms with Crippen LogP contribution in [0.5, 0.6) is 11.5 Å².